The van der Waals surface area contributed by atoms with Crippen molar-refractivity contribution in [1.29, 1.82) is 0 Å². The van der Waals surface area contributed by atoms with E-state index in [2.05, 4.69) is 5.32 Å². The number of hydrogen-bond acceptors (Lipinski definition) is 7. The number of benzene rings is 2. The van der Waals surface area contributed by atoms with Gasteiger partial charge in [-0.15, -0.1) is 0 Å². The molecule has 3 N–H and O–H groups in total. The summed E-state index contributed by atoms with van der Waals surface area (Å²) in [4.78, 5) is 43.1. The normalized spacial score (nSPS) is 24.2. The van der Waals surface area contributed by atoms with Crippen molar-refractivity contribution in [2.24, 2.45) is 0 Å². The Hall–Kier alpha value is -2.59. The van der Waals surface area contributed by atoms with E-state index in [0.717, 1.165) is 11.1 Å². The standard InChI is InChI=1S/C25H32NO9P/c1-17(27)26-23-22(16-36(29,30)31)35-21(15-32-18(2)28)24(33-13-19-9-5-3-6-10-19)25(23)34-14-20-11-7-4-8-12-20/h3-12,21-25H,13-16H2,1-2H3,(H,26,27)(H2,29,30,31)/t21-,22-,23-,24-,25-/m1/s1. The highest BCUT2D eigenvalue weighted by molar-refractivity contribution is 7.51. The van der Waals surface area contributed by atoms with Crippen LogP contribution < -0.4 is 5.32 Å². The van der Waals surface area contributed by atoms with Gasteiger partial charge in [-0.25, -0.2) is 0 Å². The second kappa shape index (κ2) is 13.1. The molecule has 0 bridgehead atoms. The molecule has 0 unspecified atom stereocenters. The first-order valence-corrected chi connectivity index (χ1v) is 13.3. The Labute approximate surface area is 210 Å². The molecule has 1 amide bonds. The molecule has 10 nitrogen and oxygen atoms in total. The number of ether oxygens (including phenoxy) is 4. The second-order valence-corrected chi connectivity index (χ2v) is 10.3. The number of nitrogens with one attached hydrogen (secondary N) is 1. The van der Waals surface area contributed by atoms with Crippen LogP contribution in [0, 0.1) is 0 Å². The third-order valence-corrected chi connectivity index (χ3v) is 6.44. The molecule has 2 aromatic carbocycles. The minimum Gasteiger partial charge on any atom is -0.463 e. The lowest BCUT2D eigenvalue weighted by Crippen LogP contribution is -2.66. The molecule has 0 aliphatic carbocycles. The SMILES string of the molecule is CC(=O)N[C@H]1[C@@H](OCc2ccccc2)[C@H](OCc2ccccc2)[C@@H](COC(C)=O)O[C@@H]1CP(=O)(O)O. The minimum absolute atomic E-state index is 0.149. The highest BCUT2D eigenvalue weighted by atomic mass is 31.2. The maximum Gasteiger partial charge on any atom is 0.328 e. The number of carbonyl (C=O) groups is 2. The predicted octanol–water partition coefficient (Wildman–Crippen LogP) is 2.17. The van der Waals surface area contributed by atoms with E-state index in [9.17, 15) is 23.9 Å². The van der Waals surface area contributed by atoms with Gasteiger partial charge in [0.15, 0.2) is 0 Å². The molecule has 2 aromatic rings. The molecule has 1 aliphatic rings. The van der Waals surface area contributed by atoms with Crippen LogP contribution in [-0.4, -0.2) is 64.9 Å². The van der Waals surface area contributed by atoms with Gasteiger partial charge in [-0.2, -0.15) is 0 Å². The minimum atomic E-state index is -4.55. The molecule has 0 aromatic heterocycles. The topological polar surface area (TPSA) is 141 Å². The van der Waals surface area contributed by atoms with Gasteiger partial charge in [-0.05, 0) is 11.1 Å². The summed E-state index contributed by atoms with van der Waals surface area (Å²) in [5, 5.41) is 2.73. The van der Waals surface area contributed by atoms with Gasteiger partial charge in [0.05, 0.1) is 31.5 Å². The molecule has 11 heteroatoms. The molecule has 0 saturated carbocycles. The second-order valence-electron chi connectivity index (χ2n) is 8.61. The van der Waals surface area contributed by atoms with Gasteiger partial charge in [0, 0.05) is 13.8 Å². The lowest BCUT2D eigenvalue weighted by atomic mass is 9.92. The van der Waals surface area contributed by atoms with Crippen molar-refractivity contribution in [3.8, 4) is 0 Å². The van der Waals surface area contributed by atoms with E-state index in [1.165, 1.54) is 13.8 Å². The molecule has 3 rings (SSSR count). The van der Waals surface area contributed by atoms with E-state index >= 15 is 0 Å². The molecule has 5 atom stereocenters. The number of carbonyl (C=O) groups excluding carboxylic acids is 2. The largest absolute Gasteiger partial charge is 0.463 e. The first-order chi connectivity index (χ1) is 17.1. The van der Waals surface area contributed by atoms with Crippen LogP contribution in [0.4, 0.5) is 0 Å². The van der Waals surface area contributed by atoms with Gasteiger partial charge in [-0.3, -0.25) is 14.2 Å². The van der Waals surface area contributed by atoms with Crippen molar-refractivity contribution >= 4 is 19.5 Å². The first kappa shape index (κ1) is 28.0. The fraction of sp³-hybridized carbons (Fsp3) is 0.440. The fourth-order valence-electron chi connectivity index (χ4n) is 4.08. The molecule has 196 valence electrons. The van der Waals surface area contributed by atoms with Gasteiger partial charge in [0.1, 0.15) is 24.9 Å². The van der Waals surface area contributed by atoms with E-state index in [4.69, 9.17) is 18.9 Å². The Morgan fingerprint density at radius 1 is 0.889 bits per heavy atom. The zero-order valence-corrected chi connectivity index (χ0v) is 21.1. The van der Waals surface area contributed by atoms with Crippen molar-refractivity contribution in [2.75, 3.05) is 12.8 Å². The summed E-state index contributed by atoms with van der Waals surface area (Å²) in [6.07, 6.45) is -4.39. The third-order valence-electron chi connectivity index (χ3n) is 5.60. The van der Waals surface area contributed by atoms with Crippen LogP contribution >= 0.6 is 7.60 Å². The van der Waals surface area contributed by atoms with Crippen LogP contribution in [0.2, 0.25) is 0 Å². The predicted molar refractivity (Wildman–Crippen MR) is 130 cm³/mol. The van der Waals surface area contributed by atoms with E-state index in [1.54, 1.807) is 0 Å². The summed E-state index contributed by atoms with van der Waals surface area (Å²) >= 11 is 0. The number of esters is 1. The average Bonchev–Trinajstić information content (AvgIpc) is 2.82. The van der Waals surface area contributed by atoms with Crippen LogP contribution in [0.1, 0.15) is 25.0 Å². The van der Waals surface area contributed by atoms with Crippen LogP contribution in [0.5, 0.6) is 0 Å². The van der Waals surface area contributed by atoms with Crippen LogP contribution in [0.3, 0.4) is 0 Å². The quantitative estimate of drug-likeness (QED) is 0.300. The highest BCUT2D eigenvalue weighted by Crippen LogP contribution is 2.40. The van der Waals surface area contributed by atoms with Gasteiger partial charge in [0.2, 0.25) is 5.91 Å². The van der Waals surface area contributed by atoms with Crippen molar-refractivity contribution in [1.82, 2.24) is 5.32 Å². The van der Waals surface area contributed by atoms with Crippen molar-refractivity contribution in [3.05, 3.63) is 71.8 Å². The number of rotatable bonds is 11. The molecule has 0 radical (unpaired) electrons. The average molecular weight is 522 g/mol. The smallest absolute Gasteiger partial charge is 0.328 e. The molecule has 1 heterocycles. The lowest BCUT2D eigenvalue weighted by molar-refractivity contribution is -0.227. The summed E-state index contributed by atoms with van der Waals surface area (Å²) in [7, 11) is -4.55. The van der Waals surface area contributed by atoms with Gasteiger partial charge in [-0.1, -0.05) is 60.7 Å². The maximum atomic E-state index is 12.1. The van der Waals surface area contributed by atoms with E-state index in [-0.39, 0.29) is 19.8 Å². The molecular weight excluding hydrogens is 489 g/mol. The molecular formula is C25H32NO9P. The Morgan fingerprint density at radius 2 is 1.42 bits per heavy atom. The zero-order valence-electron chi connectivity index (χ0n) is 20.2. The zero-order chi connectivity index (χ0) is 26.1. The van der Waals surface area contributed by atoms with Crippen molar-refractivity contribution in [3.63, 3.8) is 0 Å². The van der Waals surface area contributed by atoms with Gasteiger partial charge < -0.3 is 34.1 Å². The van der Waals surface area contributed by atoms with E-state index in [1.807, 2.05) is 60.7 Å². The van der Waals surface area contributed by atoms with Crippen molar-refractivity contribution < 1.29 is 42.9 Å². The van der Waals surface area contributed by atoms with Crippen LogP contribution in [0.25, 0.3) is 0 Å². The Balaban J connectivity index is 1.95. The van der Waals surface area contributed by atoms with E-state index < -0.39 is 56.1 Å². The molecule has 1 aliphatic heterocycles. The van der Waals surface area contributed by atoms with Crippen molar-refractivity contribution in [2.45, 2.75) is 57.5 Å². The summed E-state index contributed by atoms with van der Waals surface area (Å²) in [5.74, 6) is -0.967. The number of hydrogen-bond donors (Lipinski definition) is 3. The Bertz CT molecular complexity index is 1030. The molecule has 36 heavy (non-hydrogen) atoms. The fourth-order valence-corrected chi connectivity index (χ4v) is 4.86. The van der Waals surface area contributed by atoms with Gasteiger partial charge >= 0.3 is 13.6 Å². The summed E-state index contributed by atoms with van der Waals surface area (Å²) in [6.45, 7) is 2.65. The Morgan fingerprint density at radius 3 is 1.89 bits per heavy atom. The van der Waals surface area contributed by atoms with Crippen LogP contribution in [0.15, 0.2) is 60.7 Å². The molecule has 1 saturated heterocycles. The van der Waals surface area contributed by atoms with Crippen LogP contribution in [-0.2, 0) is 46.3 Å². The summed E-state index contributed by atoms with van der Waals surface area (Å²) in [5.41, 5.74) is 1.73. The summed E-state index contributed by atoms with van der Waals surface area (Å²) < 4.78 is 35.6. The number of amides is 1. The highest BCUT2D eigenvalue weighted by Gasteiger charge is 2.49. The Kier molecular flexibility index (Phi) is 10.2. The third kappa shape index (κ3) is 8.81. The van der Waals surface area contributed by atoms with E-state index in [0.29, 0.717) is 0 Å². The van der Waals surface area contributed by atoms with Gasteiger partial charge in [0.25, 0.3) is 0 Å². The maximum absolute atomic E-state index is 12.1. The summed E-state index contributed by atoms with van der Waals surface area (Å²) in [6, 6.07) is 17.8. The molecule has 1 fully saturated rings. The monoisotopic (exact) mass is 521 g/mol. The molecule has 0 spiro atoms. The lowest BCUT2D eigenvalue weighted by Gasteiger charge is -2.46. The first-order valence-electron chi connectivity index (χ1n) is 11.5.